The number of aromatic nitrogens is 1. The highest BCUT2D eigenvalue weighted by molar-refractivity contribution is 5.92. The van der Waals surface area contributed by atoms with Crippen LogP contribution in [0.4, 0.5) is 29.1 Å². The molecule has 0 atom stereocenters. The number of rotatable bonds is 8. The lowest BCUT2D eigenvalue weighted by molar-refractivity contribution is -0.138. The van der Waals surface area contributed by atoms with Crippen LogP contribution in [0.5, 0.6) is 5.75 Å². The second-order valence-corrected chi connectivity index (χ2v) is 8.99. The van der Waals surface area contributed by atoms with Crippen molar-refractivity contribution in [2.45, 2.75) is 19.6 Å². The van der Waals surface area contributed by atoms with E-state index in [2.05, 4.69) is 20.9 Å². The van der Waals surface area contributed by atoms with Gasteiger partial charge in [0.15, 0.2) is 18.2 Å². The van der Waals surface area contributed by atoms with E-state index < -0.39 is 30.1 Å². The lowest BCUT2D eigenvalue weighted by Crippen LogP contribution is -2.43. The predicted molar refractivity (Wildman–Crippen MR) is 138 cm³/mol. The summed E-state index contributed by atoms with van der Waals surface area (Å²) in [5, 5.41) is 8.08. The molecule has 2 aromatic carbocycles. The van der Waals surface area contributed by atoms with E-state index in [1.165, 1.54) is 37.4 Å². The van der Waals surface area contributed by atoms with E-state index in [0.29, 0.717) is 43.1 Å². The van der Waals surface area contributed by atoms with E-state index in [4.69, 9.17) is 4.74 Å². The number of piperazine rings is 1. The average molecular weight is 546 g/mol. The molecule has 3 aromatic rings. The highest BCUT2D eigenvalue weighted by Gasteiger charge is 2.34. The molecule has 1 saturated heterocycles. The number of amides is 2. The number of nitrogens with zero attached hydrogens (tertiary/aromatic N) is 2. The van der Waals surface area contributed by atoms with Gasteiger partial charge in [-0.05, 0) is 47.5 Å². The highest BCUT2D eigenvalue weighted by atomic mass is 19.4. The molecular formula is C27H27F4N5O3. The van der Waals surface area contributed by atoms with Gasteiger partial charge in [-0.25, -0.2) is 9.37 Å². The fourth-order valence-electron chi connectivity index (χ4n) is 4.12. The third-order valence-corrected chi connectivity index (χ3v) is 5.99. The van der Waals surface area contributed by atoms with Crippen molar-refractivity contribution in [1.29, 1.82) is 0 Å². The fourth-order valence-corrected chi connectivity index (χ4v) is 4.12. The van der Waals surface area contributed by atoms with Gasteiger partial charge in [-0.1, -0.05) is 12.1 Å². The van der Waals surface area contributed by atoms with Gasteiger partial charge in [0.2, 0.25) is 5.91 Å². The van der Waals surface area contributed by atoms with Crippen LogP contribution in [0.15, 0.2) is 54.7 Å². The summed E-state index contributed by atoms with van der Waals surface area (Å²) in [4.78, 5) is 29.5. The van der Waals surface area contributed by atoms with Crippen LogP contribution in [0.3, 0.4) is 0 Å². The monoisotopic (exact) mass is 545 g/mol. The highest BCUT2D eigenvalue weighted by Crippen LogP contribution is 2.34. The maximum atomic E-state index is 14.6. The summed E-state index contributed by atoms with van der Waals surface area (Å²) in [7, 11) is 0. The summed E-state index contributed by atoms with van der Waals surface area (Å²) in [6.45, 7) is 3.62. The van der Waals surface area contributed by atoms with E-state index in [1.807, 2.05) is 4.90 Å². The lowest BCUT2D eigenvalue weighted by atomic mass is 10.0. The van der Waals surface area contributed by atoms with Gasteiger partial charge in [0.1, 0.15) is 5.82 Å². The van der Waals surface area contributed by atoms with Crippen LogP contribution in [0.1, 0.15) is 18.1 Å². The van der Waals surface area contributed by atoms with Gasteiger partial charge in [0, 0.05) is 57.1 Å². The number of alkyl halides is 3. The molecule has 39 heavy (non-hydrogen) atoms. The summed E-state index contributed by atoms with van der Waals surface area (Å²) >= 11 is 0. The predicted octanol–water partition coefficient (Wildman–Crippen LogP) is 4.29. The Balaban J connectivity index is 1.37. The Labute approximate surface area is 222 Å². The number of hydrogen-bond donors (Lipinski definition) is 3. The summed E-state index contributed by atoms with van der Waals surface area (Å²) in [5.41, 5.74) is 0.354. The number of hydrogen-bond acceptors (Lipinski definition) is 6. The molecule has 1 fully saturated rings. The first-order chi connectivity index (χ1) is 18.6. The molecule has 3 N–H and O–H groups in total. The van der Waals surface area contributed by atoms with Crippen molar-refractivity contribution in [3.63, 3.8) is 0 Å². The van der Waals surface area contributed by atoms with Crippen molar-refractivity contribution in [3.05, 3.63) is 71.7 Å². The molecule has 2 heterocycles. The van der Waals surface area contributed by atoms with E-state index in [9.17, 15) is 27.2 Å². The second-order valence-electron chi connectivity index (χ2n) is 8.99. The normalized spacial score (nSPS) is 14.1. The lowest BCUT2D eigenvalue weighted by Gasteiger charge is -2.28. The summed E-state index contributed by atoms with van der Waals surface area (Å²) < 4.78 is 61.1. The smallest absolute Gasteiger partial charge is 0.416 e. The molecule has 0 radical (unpaired) electrons. The van der Waals surface area contributed by atoms with Crippen molar-refractivity contribution in [2.24, 2.45) is 0 Å². The fraction of sp³-hybridized carbons (Fsp3) is 0.296. The van der Waals surface area contributed by atoms with E-state index in [0.717, 1.165) is 6.07 Å². The molecular weight excluding hydrogens is 518 g/mol. The number of anilines is 2. The molecule has 4 rings (SSSR count). The first-order valence-corrected chi connectivity index (χ1v) is 12.2. The Morgan fingerprint density at radius 2 is 1.77 bits per heavy atom. The van der Waals surface area contributed by atoms with Gasteiger partial charge in [0.25, 0.3) is 5.91 Å². The molecule has 0 saturated carbocycles. The molecule has 0 spiro atoms. The number of ether oxygens (including phenoxy) is 1. The van der Waals surface area contributed by atoms with Crippen LogP contribution in [0.25, 0.3) is 11.1 Å². The maximum Gasteiger partial charge on any atom is 0.416 e. The van der Waals surface area contributed by atoms with Crippen LogP contribution in [-0.2, 0) is 22.3 Å². The van der Waals surface area contributed by atoms with Gasteiger partial charge in [0.05, 0.1) is 5.56 Å². The molecule has 0 unspecified atom stereocenters. The van der Waals surface area contributed by atoms with Crippen LogP contribution in [0.2, 0.25) is 0 Å². The Hall–Kier alpha value is -4.03. The quantitative estimate of drug-likeness (QED) is 0.366. The van der Waals surface area contributed by atoms with Crippen molar-refractivity contribution < 1.29 is 31.9 Å². The Morgan fingerprint density at radius 3 is 2.41 bits per heavy atom. The SMILES string of the molecule is CC(=O)Nc1ccc(-c2ccc(OCC(=O)Nc3ccc(CN4CCNCC4)c(C(F)(F)F)c3)c(F)c2)cn1. The van der Waals surface area contributed by atoms with E-state index in [-0.39, 0.29) is 29.5 Å². The molecule has 12 heteroatoms. The van der Waals surface area contributed by atoms with Crippen LogP contribution in [-0.4, -0.2) is 54.5 Å². The van der Waals surface area contributed by atoms with Gasteiger partial charge >= 0.3 is 6.18 Å². The third-order valence-electron chi connectivity index (χ3n) is 5.99. The summed E-state index contributed by atoms with van der Waals surface area (Å²) in [6.07, 6.45) is -3.12. The van der Waals surface area contributed by atoms with Crippen LogP contribution < -0.4 is 20.7 Å². The number of carbonyl (C=O) groups excluding carboxylic acids is 2. The number of carbonyl (C=O) groups is 2. The summed E-state index contributed by atoms with van der Waals surface area (Å²) in [6, 6.07) is 11.0. The maximum absolute atomic E-state index is 14.6. The molecule has 1 aromatic heterocycles. The van der Waals surface area contributed by atoms with Crippen molar-refractivity contribution in [3.8, 4) is 16.9 Å². The second kappa shape index (κ2) is 12.2. The number of pyridine rings is 1. The first-order valence-electron chi connectivity index (χ1n) is 12.2. The van der Waals surface area contributed by atoms with Gasteiger partial charge in [-0.3, -0.25) is 14.5 Å². The Kier molecular flexibility index (Phi) is 8.77. The molecule has 0 bridgehead atoms. The molecule has 206 valence electrons. The van der Waals surface area contributed by atoms with Crippen LogP contribution in [0, 0.1) is 5.82 Å². The van der Waals surface area contributed by atoms with E-state index in [1.54, 1.807) is 18.2 Å². The van der Waals surface area contributed by atoms with Crippen molar-refractivity contribution >= 4 is 23.3 Å². The molecule has 2 amide bonds. The zero-order valence-corrected chi connectivity index (χ0v) is 21.1. The number of benzene rings is 2. The Morgan fingerprint density at radius 1 is 1.03 bits per heavy atom. The first kappa shape index (κ1) is 28.0. The largest absolute Gasteiger partial charge is 0.481 e. The average Bonchev–Trinajstić information content (AvgIpc) is 2.89. The zero-order chi connectivity index (χ0) is 28.0. The minimum atomic E-state index is -4.59. The van der Waals surface area contributed by atoms with Gasteiger partial charge < -0.3 is 20.7 Å². The van der Waals surface area contributed by atoms with Crippen molar-refractivity contribution in [2.75, 3.05) is 43.4 Å². The molecule has 0 aliphatic carbocycles. The van der Waals surface area contributed by atoms with Crippen molar-refractivity contribution in [1.82, 2.24) is 15.2 Å². The minimum Gasteiger partial charge on any atom is -0.481 e. The molecule has 8 nitrogen and oxygen atoms in total. The van der Waals surface area contributed by atoms with E-state index >= 15 is 0 Å². The van der Waals surface area contributed by atoms with Gasteiger partial charge in [-0.2, -0.15) is 13.2 Å². The Bertz CT molecular complexity index is 1330. The van der Waals surface area contributed by atoms with Gasteiger partial charge in [-0.15, -0.1) is 0 Å². The standard InChI is InChI=1S/C27H27F4N5O3/c1-17(37)34-25-7-4-19(14-33-25)18-3-6-24(23(28)12-18)39-16-26(38)35-21-5-2-20(22(13-21)27(29,30)31)15-36-10-8-32-9-11-36/h2-7,12-14,32H,8-11,15-16H2,1H3,(H,35,38)(H,33,34,37). The number of halogens is 4. The molecule has 1 aliphatic heterocycles. The number of nitrogens with one attached hydrogen (secondary N) is 3. The topological polar surface area (TPSA) is 95.6 Å². The zero-order valence-electron chi connectivity index (χ0n) is 21.1. The third kappa shape index (κ3) is 7.74. The van der Waals surface area contributed by atoms with Crippen LogP contribution >= 0.6 is 0 Å². The molecule has 1 aliphatic rings. The minimum absolute atomic E-state index is 0.0361. The summed E-state index contributed by atoms with van der Waals surface area (Å²) in [5.74, 6) is -1.58.